The van der Waals surface area contributed by atoms with E-state index in [1.807, 2.05) is 4.90 Å². The van der Waals surface area contributed by atoms with Crippen molar-refractivity contribution in [3.63, 3.8) is 0 Å². The maximum Gasteiger partial charge on any atom is 0.251 e. The molecule has 2 amide bonds. The highest BCUT2D eigenvalue weighted by molar-refractivity contribution is 9.10. The summed E-state index contributed by atoms with van der Waals surface area (Å²) in [5.74, 6) is -0.288. The predicted octanol–water partition coefficient (Wildman–Crippen LogP) is 1.77. The molecule has 0 unspecified atom stereocenters. The number of rotatable bonds is 3. The minimum atomic E-state index is -0.268. The van der Waals surface area contributed by atoms with Gasteiger partial charge < -0.3 is 16.0 Å². The van der Waals surface area contributed by atoms with Gasteiger partial charge in [0, 0.05) is 28.8 Å². The lowest BCUT2D eigenvalue weighted by Gasteiger charge is -2.26. The highest BCUT2D eigenvalue weighted by Gasteiger charge is 2.17. The molecule has 5 nitrogen and oxygen atoms in total. The number of hydrogen-bond donors (Lipinski definition) is 2. The lowest BCUT2D eigenvalue weighted by atomic mass is 10.1. The Hall–Kier alpha value is -1.56. The molecule has 0 atom stereocenters. The predicted molar refractivity (Wildman–Crippen MR) is 81.3 cm³/mol. The van der Waals surface area contributed by atoms with Gasteiger partial charge in [-0.25, -0.2) is 0 Å². The summed E-state index contributed by atoms with van der Waals surface area (Å²) in [6, 6.07) is 4.95. The Morgan fingerprint density at radius 1 is 1.25 bits per heavy atom. The molecule has 108 valence electrons. The molecule has 20 heavy (non-hydrogen) atoms. The van der Waals surface area contributed by atoms with E-state index in [1.165, 1.54) is 6.42 Å². The van der Waals surface area contributed by atoms with Gasteiger partial charge in [0.25, 0.3) is 5.91 Å². The zero-order valence-electron chi connectivity index (χ0n) is 11.2. The monoisotopic (exact) mass is 339 g/mol. The molecule has 0 radical (unpaired) electrons. The number of piperidine rings is 1. The van der Waals surface area contributed by atoms with Gasteiger partial charge >= 0.3 is 0 Å². The van der Waals surface area contributed by atoms with Crippen molar-refractivity contribution in [2.45, 2.75) is 19.3 Å². The second-order valence-electron chi connectivity index (χ2n) is 4.86. The number of anilines is 1. The Morgan fingerprint density at radius 2 is 1.95 bits per heavy atom. The van der Waals surface area contributed by atoms with Crippen molar-refractivity contribution in [2.24, 2.45) is 0 Å². The number of nitrogens with two attached hydrogens (primary N) is 1. The average molecular weight is 340 g/mol. The molecule has 0 saturated carbocycles. The van der Waals surface area contributed by atoms with E-state index in [1.54, 1.807) is 18.2 Å². The van der Waals surface area contributed by atoms with Gasteiger partial charge in [-0.15, -0.1) is 0 Å². The number of nitrogens with one attached hydrogen (secondary N) is 1. The van der Waals surface area contributed by atoms with Crippen LogP contribution in [0.4, 0.5) is 5.69 Å². The Balaban J connectivity index is 1.88. The highest BCUT2D eigenvalue weighted by atomic mass is 79.9. The van der Waals surface area contributed by atoms with Crippen molar-refractivity contribution in [3.05, 3.63) is 28.2 Å². The zero-order valence-corrected chi connectivity index (χ0v) is 12.8. The number of carbonyl (C=O) groups excluding carboxylic acids is 2. The summed E-state index contributed by atoms with van der Waals surface area (Å²) in [6.45, 7) is 1.63. The SMILES string of the molecule is Nc1ccc(C(=O)NCC(=O)N2CCCCC2)cc1Br. The molecule has 1 aromatic rings. The first-order valence-electron chi connectivity index (χ1n) is 6.69. The number of amides is 2. The van der Waals surface area contributed by atoms with Crippen LogP contribution in [-0.4, -0.2) is 36.3 Å². The lowest BCUT2D eigenvalue weighted by Crippen LogP contribution is -2.42. The van der Waals surface area contributed by atoms with Crippen LogP contribution in [-0.2, 0) is 4.79 Å². The summed E-state index contributed by atoms with van der Waals surface area (Å²) >= 11 is 3.28. The first kappa shape index (κ1) is 14.8. The summed E-state index contributed by atoms with van der Waals surface area (Å²) in [5.41, 5.74) is 6.73. The minimum absolute atomic E-state index is 0.0208. The second-order valence-corrected chi connectivity index (χ2v) is 5.71. The fourth-order valence-corrected chi connectivity index (χ4v) is 2.56. The Bertz CT molecular complexity index is 513. The normalized spacial score (nSPS) is 14.9. The first-order chi connectivity index (χ1) is 9.58. The van der Waals surface area contributed by atoms with Gasteiger partial charge in [-0.2, -0.15) is 0 Å². The molecule has 1 aromatic carbocycles. The molecule has 0 spiro atoms. The van der Waals surface area contributed by atoms with Crippen LogP contribution in [0.25, 0.3) is 0 Å². The van der Waals surface area contributed by atoms with Crippen molar-refractivity contribution in [1.82, 2.24) is 10.2 Å². The van der Waals surface area contributed by atoms with Crippen molar-refractivity contribution in [2.75, 3.05) is 25.4 Å². The van der Waals surface area contributed by atoms with Crippen LogP contribution >= 0.6 is 15.9 Å². The van der Waals surface area contributed by atoms with Gasteiger partial charge in [-0.05, 0) is 53.4 Å². The number of benzene rings is 1. The number of likely N-dealkylation sites (tertiary alicyclic amines) is 1. The Labute approximate surface area is 126 Å². The van der Waals surface area contributed by atoms with Crippen LogP contribution < -0.4 is 11.1 Å². The van der Waals surface area contributed by atoms with Crippen LogP contribution in [0.15, 0.2) is 22.7 Å². The van der Waals surface area contributed by atoms with Crippen LogP contribution in [0.1, 0.15) is 29.6 Å². The van der Waals surface area contributed by atoms with Gasteiger partial charge in [0.15, 0.2) is 0 Å². The highest BCUT2D eigenvalue weighted by Crippen LogP contribution is 2.20. The fourth-order valence-electron chi connectivity index (χ4n) is 2.18. The largest absolute Gasteiger partial charge is 0.398 e. The van der Waals surface area contributed by atoms with Gasteiger partial charge in [0.2, 0.25) is 5.91 Å². The molecular formula is C14H18BrN3O2. The maximum atomic E-state index is 12.0. The molecule has 1 aliphatic heterocycles. The van der Waals surface area contributed by atoms with Crippen molar-refractivity contribution in [1.29, 1.82) is 0 Å². The smallest absolute Gasteiger partial charge is 0.251 e. The number of halogens is 1. The van der Waals surface area contributed by atoms with E-state index in [0.717, 1.165) is 25.9 Å². The molecule has 2 rings (SSSR count). The summed E-state index contributed by atoms with van der Waals surface area (Å²) in [6.07, 6.45) is 3.27. The number of hydrogen-bond acceptors (Lipinski definition) is 3. The maximum absolute atomic E-state index is 12.0. The molecule has 6 heteroatoms. The van der Waals surface area contributed by atoms with Gasteiger partial charge in [0.05, 0.1) is 6.54 Å². The quantitative estimate of drug-likeness (QED) is 0.824. The number of nitrogen functional groups attached to an aromatic ring is 1. The molecule has 1 heterocycles. The van der Waals surface area contributed by atoms with E-state index in [2.05, 4.69) is 21.2 Å². The third-order valence-electron chi connectivity index (χ3n) is 3.37. The lowest BCUT2D eigenvalue weighted by molar-refractivity contribution is -0.130. The molecular weight excluding hydrogens is 322 g/mol. The van der Waals surface area contributed by atoms with Gasteiger partial charge in [-0.3, -0.25) is 9.59 Å². The molecule has 0 bridgehead atoms. The third kappa shape index (κ3) is 3.72. The summed E-state index contributed by atoms with van der Waals surface area (Å²) < 4.78 is 0.674. The fraction of sp³-hybridized carbons (Fsp3) is 0.429. The van der Waals surface area contributed by atoms with Crippen molar-refractivity contribution >= 4 is 33.4 Å². The minimum Gasteiger partial charge on any atom is -0.398 e. The molecule has 0 aliphatic carbocycles. The molecule has 3 N–H and O–H groups in total. The molecule has 1 aliphatic rings. The zero-order chi connectivity index (χ0) is 14.5. The van der Waals surface area contributed by atoms with Crippen LogP contribution in [0.3, 0.4) is 0 Å². The summed E-state index contributed by atoms with van der Waals surface area (Å²) in [7, 11) is 0. The van der Waals surface area contributed by atoms with E-state index in [0.29, 0.717) is 15.7 Å². The van der Waals surface area contributed by atoms with Gasteiger partial charge in [-0.1, -0.05) is 0 Å². The van der Waals surface area contributed by atoms with E-state index < -0.39 is 0 Å². The topological polar surface area (TPSA) is 75.4 Å². The van der Waals surface area contributed by atoms with Crippen molar-refractivity contribution < 1.29 is 9.59 Å². The molecule has 0 aromatic heterocycles. The van der Waals surface area contributed by atoms with Crippen LogP contribution in [0.2, 0.25) is 0 Å². The molecule has 1 saturated heterocycles. The number of nitrogens with zero attached hydrogens (tertiary/aromatic N) is 1. The van der Waals surface area contributed by atoms with Crippen molar-refractivity contribution in [3.8, 4) is 0 Å². The van der Waals surface area contributed by atoms with Gasteiger partial charge in [0.1, 0.15) is 0 Å². The second kappa shape index (κ2) is 6.74. The van der Waals surface area contributed by atoms with E-state index in [-0.39, 0.29) is 18.4 Å². The van der Waals surface area contributed by atoms with E-state index in [9.17, 15) is 9.59 Å². The first-order valence-corrected chi connectivity index (χ1v) is 7.48. The molecule has 1 fully saturated rings. The van der Waals surface area contributed by atoms with E-state index in [4.69, 9.17) is 5.73 Å². The summed E-state index contributed by atoms with van der Waals surface area (Å²) in [5, 5.41) is 2.65. The third-order valence-corrected chi connectivity index (χ3v) is 4.06. The van der Waals surface area contributed by atoms with Crippen LogP contribution in [0.5, 0.6) is 0 Å². The Morgan fingerprint density at radius 3 is 2.60 bits per heavy atom. The Kier molecular flexibility index (Phi) is 5.00. The van der Waals surface area contributed by atoms with E-state index >= 15 is 0 Å². The average Bonchev–Trinajstić information content (AvgIpc) is 2.48. The standard InChI is InChI=1S/C14H18BrN3O2/c15-11-8-10(4-5-12(11)16)14(20)17-9-13(19)18-6-2-1-3-7-18/h4-5,8H,1-3,6-7,9,16H2,(H,17,20). The number of carbonyl (C=O) groups is 2. The van der Waals surface area contributed by atoms with Crippen LogP contribution in [0, 0.1) is 0 Å². The summed E-state index contributed by atoms with van der Waals surface area (Å²) in [4.78, 5) is 25.7.